The number of nitrogens with one attached hydrogen (secondary N) is 3. The van der Waals surface area contributed by atoms with Crippen molar-refractivity contribution in [2.45, 2.75) is 102 Å². The summed E-state index contributed by atoms with van der Waals surface area (Å²) in [5.74, 6) is -2.64. The number of β-amino-alcohol motifs (C(OH)–C–C–N with tert-alkyl or cyclic N) is 1. The summed E-state index contributed by atoms with van der Waals surface area (Å²) in [5, 5.41) is 15.0. The molecule has 0 unspecified atom stereocenters. The van der Waals surface area contributed by atoms with Gasteiger partial charge in [0.05, 0.1) is 11.4 Å². The maximum atomic E-state index is 13.6. The number of hydrogen-bond acceptors (Lipinski definition) is 8. The number of sulfonamides is 1. The predicted octanol–water partition coefficient (Wildman–Crippen LogP) is 0.557. The zero-order valence-electron chi connectivity index (χ0n) is 22.9. The van der Waals surface area contributed by atoms with Crippen LogP contribution in [-0.4, -0.2) is 83.4 Å². The number of amides is 4. The van der Waals surface area contributed by atoms with Gasteiger partial charge in [-0.3, -0.25) is 19.1 Å². The molecule has 0 bridgehead atoms. The zero-order valence-corrected chi connectivity index (χ0v) is 23.7. The van der Waals surface area contributed by atoms with Crippen molar-refractivity contribution in [1.29, 1.82) is 0 Å². The van der Waals surface area contributed by atoms with Crippen LogP contribution in [0.4, 0.5) is 4.79 Å². The van der Waals surface area contributed by atoms with Gasteiger partial charge in [-0.15, -0.1) is 6.58 Å². The second kappa shape index (κ2) is 10.1. The third-order valence-corrected chi connectivity index (χ3v) is 8.71. The van der Waals surface area contributed by atoms with Crippen LogP contribution in [-0.2, 0) is 29.1 Å². The van der Waals surface area contributed by atoms with E-state index < -0.39 is 79.7 Å². The number of carbonyl (C=O) groups excluding carboxylic acids is 4. The predicted molar refractivity (Wildman–Crippen MR) is 138 cm³/mol. The molecule has 13 heteroatoms. The fraction of sp³-hybridized carbons (Fsp3) is 0.760. The number of alkyl carbamates (subject to hydrolysis) is 1. The Morgan fingerprint density at radius 1 is 1.13 bits per heavy atom. The van der Waals surface area contributed by atoms with E-state index in [4.69, 9.17) is 4.74 Å². The van der Waals surface area contributed by atoms with Crippen LogP contribution in [0.5, 0.6) is 0 Å². The lowest BCUT2D eigenvalue weighted by atomic mass is 9.85. The first-order valence-corrected chi connectivity index (χ1v) is 14.3. The molecule has 3 fully saturated rings. The summed E-state index contributed by atoms with van der Waals surface area (Å²) in [6, 6.07) is -2.22. The minimum absolute atomic E-state index is 0.0856. The molecule has 0 aromatic carbocycles. The Kier molecular flexibility index (Phi) is 7.97. The van der Waals surface area contributed by atoms with Crippen molar-refractivity contribution in [3.63, 3.8) is 0 Å². The highest BCUT2D eigenvalue weighted by Gasteiger charge is 2.62. The summed E-state index contributed by atoms with van der Waals surface area (Å²) in [7, 11) is -3.84. The van der Waals surface area contributed by atoms with E-state index in [2.05, 4.69) is 21.9 Å². The standard InChI is InChI=1S/C25H40N4O8S/c1-8-14-12-25(14,21(33)28-38(35,36)16-9-10-16)27-19(31)17-11-15(30)13-29(17)20(32)18(23(2,3)4)26-22(34)37-24(5,6)7/h8,14-18,30H,1,9-13H2,2-7H3,(H,26,34)(H,27,31)(H,28,33)/t14-,15+,17-,18+,25+/m0/s1. The van der Waals surface area contributed by atoms with Crippen LogP contribution in [0.1, 0.15) is 67.2 Å². The second-order valence-electron chi connectivity index (χ2n) is 12.5. The van der Waals surface area contributed by atoms with Crippen molar-refractivity contribution in [2.24, 2.45) is 11.3 Å². The number of rotatable bonds is 8. The summed E-state index contributed by atoms with van der Waals surface area (Å²) in [6.45, 7) is 13.8. The van der Waals surface area contributed by atoms with Gasteiger partial charge in [-0.1, -0.05) is 26.8 Å². The quantitative estimate of drug-likeness (QED) is 0.314. The van der Waals surface area contributed by atoms with Crippen molar-refractivity contribution >= 4 is 33.8 Å². The molecule has 3 rings (SSSR count). The van der Waals surface area contributed by atoms with E-state index in [9.17, 15) is 32.7 Å². The molecule has 12 nitrogen and oxygen atoms in total. The monoisotopic (exact) mass is 556 g/mol. The van der Waals surface area contributed by atoms with Crippen molar-refractivity contribution in [3.05, 3.63) is 12.7 Å². The average molecular weight is 557 g/mol. The van der Waals surface area contributed by atoms with Crippen LogP contribution in [0, 0.1) is 11.3 Å². The molecule has 0 aromatic heterocycles. The average Bonchev–Trinajstić information content (AvgIpc) is 3.66. The Morgan fingerprint density at radius 3 is 2.21 bits per heavy atom. The minimum atomic E-state index is -3.84. The molecule has 1 saturated heterocycles. The fourth-order valence-corrected chi connectivity index (χ4v) is 5.93. The molecule has 4 N–H and O–H groups in total. The van der Waals surface area contributed by atoms with Crippen LogP contribution in [0.25, 0.3) is 0 Å². The van der Waals surface area contributed by atoms with E-state index in [1.807, 2.05) is 0 Å². The smallest absolute Gasteiger partial charge is 0.408 e. The molecule has 0 spiro atoms. The molecule has 4 amide bonds. The van der Waals surface area contributed by atoms with Gasteiger partial charge in [0.25, 0.3) is 5.91 Å². The van der Waals surface area contributed by atoms with Gasteiger partial charge in [0, 0.05) is 18.9 Å². The summed E-state index contributed by atoms with van der Waals surface area (Å²) in [5.41, 5.74) is -3.08. The van der Waals surface area contributed by atoms with Gasteiger partial charge in [-0.2, -0.15) is 0 Å². The molecule has 2 aliphatic carbocycles. The van der Waals surface area contributed by atoms with E-state index in [1.54, 1.807) is 41.5 Å². The van der Waals surface area contributed by atoms with Crippen LogP contribution < -0.4 is 15.4 Å². The molecule has 0 radical (unpaired) electrons. The van der Waals surface area contributed by atoms with Gasteiger partial charge in [0.15, 0.2) is 0 Å². The molecule has 38 heavy (non-hydrogen) atoms. The first-order chi connectivity index (χ1) is 17.3. The number of aliphatic hydroxyl groups is 1. The van der Waals surface area contributed by atoms with Gasteiger partial charge in [0.1, 0.15) is 23.2 Å². The Labute approximate surface area is 224 Å². The first kappa shape index (κ1) is 29.9. The Morgan fingerprint density at radius 2 is 1.74 bits per heavy atom. The second-order valence-corrected chi connectivity index (χ2v) is 14.5. The van der Waals surface area contributed by atoms with E-state index in [-0.39, 0.29) is 19.4 Å². The molecule has 5 atom stereocenters. The lowest BCUT2D eigenvalue weighted by molar-refractivity contribution is -0.143. The highest BCUT2D eigenvalue weighted by molar-refractivity contribution is 7.91. The van der Waals surface area contributed by atoms with Gasteiger partial charge in [-0.25, -0.2) is 13.2 Å². The number of nitrogens with zero attached hydrogens (tertiary/aromatic N) is 1. The van der Waals surface area contributed by atoms with Crippen molar-refractivity contribution in [1.82, 2.24) is 20.3 Å². The largest absolute Gasteiger partial charge is 0.444 e. The molecule has 0 aromatic rings. The number of ether oxygens (including phenoxy) is 1. The number of likely N-dealkylation sites (tertiary alicyclic amines) is 1. The third kappa shape index (κ3) is 6.66. The van der Waals surface area contributed by atoms with Gasteiger partial charge in [-0.05, 0) is 45.4 Å². The molecule has 214 valence electrons. The molecule has 1 heterocycles. The van der Waals surface area contributed by atoms with Crippen LogP contribution in [0.2, 0.25) is 0 Å². The fourth-order valence-electron chi connectivity index (χ4n) is 4.56. The zero-order chi connectivity index (χ0) is 28.8. The normalized spacial score (nSPS) is 28.2. The highest BCUT2D eigenvalue weighted by Crippen LogP contribution is 2.45. The number of hydrogen-bond donors (Lipinski definition) is 4. The van der Waals surface area contributed by atoms with E-state index in [0.717, 1.165) is 0 Å². The van der Waals surface area contributed by atoms with Crippen LogP contribution >= 0.6 is 0 Å². The Bertz CT molecular complexity index is 1110. The molecule has 1 aliphatic heterocycles. The summed E-state index contributed by atoms with van der Waals surface area (Å²) < 4.78 is 32.1. The van der Waals surface area contributed by atoms with Gasteiger partial charge >= 0.3 is 6.09 Å². The van der Waals surface area contributed by atoms with Gasteiger partial charge in [0.2, 0.25) is 21.8 Å². The SMILES string of the molecule is C=C[C@H]1C[C@]1(NC(=O)[C@@H]1C[C@@H](O)CN1C(=O)[C@@H](NC(=O)OC(C)(C)C)C(C)(C)C)C(=O)NS(=O)(=O)C1CC1. The van der Waals surface area contributed by atoms with Gasteiger partial charge < -0.3 is 25.4 Å². The lowest BCUT2D eigenvalue weighted by Gasteiger charge is -2.36. The van der Waals surface area contributed by atoms with Crippen LogP contribution in [0.3, 0.4) is 0 Å². The van der Waals surface area contributed by atoms with E-state index >= 15 is 0 Å². The van der Waals surface area contributed by atoms with Crippen molar-refractivity contribution in [2.75, 3.05) is 6.54 Å². The molecular formula is C25H40N4O8S. The molecule has 2 saturated carbocycles. The summed E-state index contributed by atoms with van der Waals surface area (Å²) in [4.78, 5) is 53.8. The highest BCUT2D eigenvalue weighted by atomic mass is 32.2. The van der Waals surface area contributed by atoms with Crippen molar-refractivity contribution < 1.29 is 37.4 Å². The third-order valence-electron chi connectivity index (χ3n) is 6.89. The number of carbonyl (C=O) groups is 4. The van der Waals surface area contributed by atoms with E-state index in [1.165, 1.54) is 11.0 Å². The summed E-state index contributed by atoms with van der Waals surface area (Å²) in [6.07, 6.45) is 0.667. The molecular weight excluding hydrogens is 516 g/mol. The molecule has 3 aliphatic rings. The maximum absolute atomic E-state index is 13.6. The number of aliphatic hydroxyl groups excluding tert-OH is 1. The maximum Gasteiger partial charge on any atom is 0.408 e. The Hall–Kier alpha value is -2.67. The lowest BCUT2D eigenvalue weighted by Crippen LogP contribution is -2.60. The van der Waals surface area contributed by atoms with Crippen molar-refractivity contribution in [3.8, 4) is 0 Å². The minimum Gasteiger partial charge on any atom is -0.444 e. The topological polar surface area (TPSA) is 171 Å². The summed E-state index contributed by atoms with van der Waals surface area (Å²) >= 11 is 0. The Balaban J connectivity index is 1.79. The van der Waals surface area contributed by atoms with Crippen LogP contribution in [0.15, 0.2) is 12.7 Å². The first-order valence-electron chi connectivity index (χ1n) is 12.8. The van der Waals surface area contributed by atoms with E-state index in [0.29, 0.717) is 12.8 Å².